The fourth-order valence-electron chi connectivity index (χ4n) is 5.53. The molecule has 5 rings (SSSR count). The van der Waals surface area contributed by atoms with E-state index in [0.29, 0.717) is 16.8 Å². The molecule has 3 aromatic carbocycles. The van der Waals surface area contributed by atoms with Gasteiger partial charge < -0.3 is 15.4 Å². The summed E-state index contributed by atoms with van der Waals surface area (Å²) in [5, 5.41) is 14.1. The van der Waals surface area contributed by atoms with Crippen LogP contribution in [0.1, 0.15) is 66.6 Å². The number of ketones is 1. The Morgan fingerprint density at radius 2 is 1.64 bits per heavy atom. The molecule has 1 aromatic heterocycles. The molecule has 2 amide bonds. The number of fused-ring (bicyclic) bond motifs is 1. The average molecular weight is 524 g/mol. The molecule has 1 aliphatic carbocycles. The van der Waals surface area contributed by atoms with Gasteiger partial charge in [0.15, 0.2) is 5.78 Å². The predicted molar refractivity (Wildman–Crippen MR) is 152 cm³/mol. The van der Waals surface area contributed by atoms with Gasteiger partial charge in [-0.15, -0.1) is 0 Å². The highest BCUT2D eigenvalue weighted by Crippen LogP contribution is 2.33. The van der Waals surface area contributed by atoms with E-state index in [1.54, 1.807) is 36.4 Å². The van der Waals surface area contributed by atoms with E-state index in [1.165, 1.54) is 24.0 Å². The average Bonchev–Trinajstić information content (AvgIpc) is 3.35. The molecular weight excluding hydrogens is 490 g/mol. The number of aromatic nitrogens is 1. The molecule has 1 fully saturated rings. The lowest BCUT2D eigenvalue weighted by Gasteiger charge is -2.34. The van der Waals surface area contributed by atoms with Crippen molar-refractivity contribution >= 4 is 34.2 Å². The first-order valence-corrected chi connectivity index (χ1v) is 13.5. The zero-order valence-electron chi connectivity index (χ0n) is 22.0. The van der Waals surface area contributed by atoms with Crippen LogP contribution in [0.15, 0.2) is 79.0 Å². The van der Waals surface area contributed by atoms with Crippen molar-refractivity contribution < 1.29 is 19.5 Å². The number of H-pyrrole nitrogens is 1. The Balaban J connectivity index is 1.61. The van der Waals surface area contributed by atoms with Gasteiger partial charge in [-0.1, -0.05) is 61.7 Å². The number of anilines is 1. The maximum Gasteiger partial charge on any atom is 0.248 e. The van der Waals surface area contributed by atoms with E-state index in [-0.39, 0.29) is 35.8 Å². The summed E-state index contributed by atoms with van der Waals surface area (Å²) in [5.41, 5.74) is 3.01. The lowest BCUT2D eigenvalue weighted by atomic mass is 9.94. The summed E-state index contributed by atoms with van der Waals surface area (Å²) >= 11 is 0. The van der Waals surface area contributed by atoms with Crippen LogP contribution in [-0.4, -0.2) is 33.7 Å². The summed E-state index contributed by atoms with van der Waals surface area (Å²) in [4.78, 5) is 45.7. The third-order valence-electron chi connectivity index (χ3n) is 7.50. The first-order chi connectivity index (χ1) is 18.9. The van der Waals surface area contributed by atoms with E-state index in [0.717, 1.165) is 48.6 Å². The van der Waals surface area contributed by atoms with Crippen molar-refractivity contribution in [2.75, 3.05) is 4.90 Å². The van der Waals surface area contributed by atoms with Crippen LogP contribution in [-0.2, 0) is 16.0 Å². The highest BCUT2D eigenvalue weighted by molar-refractivity contribution is 6.09. The number of benzene rings is 3. The van der Waals surface area contributed by atoms with Gasteiger partial charge in [0.1, 0.15) is 11.8 Å². The van der Waals surface area contributed by atoms with E-state index in [4.69, 9.17) is 0 Å². The van der Waals surface area contributed by atoms with Gasteiger partial charge in [0.05, 0.1) is 12.1 Å². The first-order valence-electron chi connectivity index (χ1n) is 13.5. The van der Waals surface area contributed by atoms with E-state index in [9.17, 15) is 19.5 Å². The van der Waals surface area contributed by atoms with Gasteiger partial charge in [0.25, 0.3) is 0 Å². The Morgan fingerprint density at radius 3 is 2.38 bits per heavy atom. The molecule has 3 N–H and O–H groups in total. The van der Waals surface area contributed by atoms with Crippen molar-refractivity contribution in [3.63, 3.8) is 0 Å². The largest absolute Gasteiger partial charge is 0.508 e. The second-order valence-corrected chi connectivity index (χ2v) is 10.2. The number of nitrogens with one attached hydrogen (secondary N) is 2. The summed E-state index contributed by atoms with van der Waals surface area (Å²) in [6.45, 7) is 1.46. The van der Waals surface area contributed by atoms with Crippen molar-refractivity contribution in [1.82, 2.24) is 10.3 Å². The molecule has 4 aromatic rings. The SMILES string of the molecule is CC(=O)c1ccccc1N(C(=O)Cc1c[nH]c2ccccc12)C(C(=O)NC1CCCCC1)c1ccc(O)cc1. The van der Waals surface area contributed by atoms with Gasteiger partial charge in [-0.3, -0.25) is 19.3 Å². The van der Waals surface area contributed by atoms with Crippen molar-refractivity contribution in [1.29, 1.82) is 0 Å². The molecule has 0 bridgehead atoms. The molecule has 1 heterocycles. The van der Waals surface area contributed by atoms with Crippen LogP contribution in [0.4, 0.5) is 5.69 Å². The number of carbonyl (C=O) groups is 3. The summed E-state index contributed by atoms with van der Waals surface area (Å²) < 4.78 is 0. The molecule has 7 heteroatoms. The number of amides is 2. The van der Waals surface area contributed by atoms with E-state index < -0.39 is 6.04 Å². The van der Waals surface area contributed by atoms with Crippen molar-refractivity contribution in [2.24, 2.45) is 0 Å². The number of hydrogen-bond donors (Lipinski definition) is 3. The molecule has 7 nitrogen and oxygen atoms in total. The number of phenolic OH excluding ortho intramolecular Hbond substituents is 1. The minimum Gasteiger partial charge on any atom is -0.508 e. The molecule has 1 aliphatic rings. The number of rotatable bonds is 8. The molecule has 0 saturated heterocycles. The predicted octanol–water partition coefficient (Wildman–Crippen LogP) is 5.84. The first kappa shape index (κ1) is 26.2. The van der Waals surface area contributed by atoms with Gasteiger partial charge in [0, 0.05) is 28.7 Å². The number of aromatic hydroxyl groups is 1. The second kappa shape index (κ2) is 11.6. The van der Waals surface area contributed by atoms with E-state index >= 15 is 0 Å². The van der Waals surface area contributed by atoms with Crippen LogP contribution in [0.2, 0.25) is 0 Å². The monoisotopic (exact) mass is 523 g/mol. The van der Waals surface area contributed by atoms with Crippen molar-refractivity contribution in [3.05, 3.63) is 95.7 Å². The fraction of sp³-hybridized carbons (Fsp3) is 0.281. The number of carbonyl (C=O) groups excluding carboxylic acids is 3. The summed E-state index contributed by atoms with van der Waals surface area (Å²) in [5.74, 6) is -0.762. The summed E-state index contributed by atoms with van der Waals surface area (Å²) in [7, 11) is 0. The lowest BCUT2D eigenvalue weighted by molar-refractivity contribution is -0.127. The highest BCUT2D eigenvalue weighted by Gasteiger charge is 2.35. The van der Waals surface area contributed by atoms with Gasteiger partial charge in [-0.25, -0.2) is 0 Å². The third kappa shape index (κ3) is 5.72. The fourth-order valence-corrected chi connectivity index (χ4v) is 5.53. The molecule has 200 valence electrons. The number of aromatic amines is 1. The third-order valence-corrected chi connectivity index (χ3v) is 7.50. The van der Waals surface area contributed by atoms with Crippen LogP contribution in [0.25, 0.3) is 10.9 Å². The van der Waals surface area contributed by atoms with Crippen molar-refractivity contribution in [3.8, 4) is 5.75 Å². The number of hydrogen-bond acceptors (Lipinski definition) is 4. The topological polar surface area (TPSA) is 103 Å². The van der Waals surface area contributed by atoms with Gasteiger partial charge in [-0.05, 0) is 61.2 Å². The Hall–Kier alpha value is -4.39. The minimum absolute atomic E-state index is 0.0273. The second-order valence-electron chi connectivity index (χ2n) is 10.2. The van der Waals surface area contributed by atoms with Crippen molar-refractivity contribution in [2.45, 2.75) is 57.5 Å². The molecule has 1 saturated carbocycles. The maximum atomic E-state index is 14.3. The van der Waals surface area contributed by atoms with Crippen LogP contribution >= 0.6 is 0 Å². The maximum absolute atomic E-state index is 14.3. The number of nitrogens with zero attached hydrogens (tertiary/aromatic N) is 1. The number of phenols is 1. The molecule has 0 radical (unpaired) electrons. The quantitative estimate of drug-likeness (QED) is 0.252. The lowest BCUT2D eigenvalue weighted by Crippen LogP contribution is -2.48. The summed E-state index contributed by atoms with van der Waals surface area (Å²) in [6, 6.07) is 20.0. The smallest absolute Gasteiger partial charge is 0.248 e. The van der Waals surface area contributed by atoms with Gasteiger partial charge in [-0.2, -0.15) is 0 Å². The molecule has 1 unspecified atom stereocenters. The summed E-state index contributed by atoms with van der Waals surface area (Å²) in [6.07, 6.45) is 6.87. The van der Waals surface area contributed by atoms with Gasteiger partial charge >= 0.3 is 0 Å². The zero-order chi connectivity index (χ0) is 27.4. The van der Waals surface area contributed by atoms with Crippen LogP contribution in [0.5, 0.6) is 5.75 Å². The molecule has 39 heavy (non-hydrogen) atoms. The van der Waals surface area contributed by atoms with E-state index in [2.05, 4.69) is 10.3 Å². The molecule has 0 spiro atoms. The minimum atomic E-state index is -1.04. The highest BCUT2D eigenvalue weighted by atomic mass is 16.3. The molecule has 1 atom stereocenters. The Bertz CT molecular complexity index is 1480. The standard InChI is InChI=1S/C32H33N3O4/c1-21(36)26-11-6-8-14-29(26)35(30(38)19-23-20-33-28-13-7-5-12-27(23)28)31(22-15-17-25(37)18-16-22)32(39)34-24-9-3-2-4-10-24/h5-8,11-18,20,24,31,33,37H,2-4,9-10,19H2,1H3,(H,34,39). The number of para-hydroxylation sites is 2. The van der Waals surface area contributed by atoms with Crippen LogP contribution in [0, 0.1) is 0 Å². The Kier molecular flexibility index (Phi) is 7.77. The Morgan fingerprint density at radius 1 is 0.949 bits per heavy atom. The normalized spacial score (nSPS) is 14.6. The van der Waals surface area contributed by atoms with Gasteiger partial charge in [0.2, 0.25) is 11.8 Å². The molecular formula is C32H33N3O4. The number of Topliss-reactive ketones (excluding diaryl/α,β-unsaturated/α-hetero) is 1. The molecule has 0 aliphatic heterocycles. The van der Waals surface area contributed by atoms with Crippen LogP contribution in [0.3, 0.4) is 0 Å². The Labute approximate surface area is 227 Å². The van der Waals surface area contributed by atoms with E-state index in [1.807, 2.05) is 30.5 Å². The zero-order valence-corrected chi connectivity index (χ0v) is 22.0. The van der Waals surface area contributed by atoms with Crippen LogP contribution < -0.4 is 10.2 Å².